The van der Waals surface area contributed by atoms with Crippen molar-refractivity contribution in [1.82, 2.24) is 0 Å². The molecule has 1 aliphatic rings. The highest BCUT2D eigenvalue weighted by molar-refractivity contribution is 7.92. The van der Waals surface area contributed by atoms with Gasteiger partial charge in [0.1, 0.15) is 0 Å². The zero-order valence-corrected chi connectivity index (χ0v) is 11.4. The highest BCUT2D eigenvalue weighted by atomic mass is 32.2. The van der Waals surface area contributed by atoms with Crippen molar-refractivity contribution in [3.05, 3.63) is 0 Å². The number of carboxylic acids is 1. The lowest BCUT2D eigenvalue weighted by Crippen LogP contribution is -2.38. The molecule has 0 bridgehead atoms. The van der Waals surface area contributed by atoms with Crippen molar-refractivity contribution < 1.29 is 24.0 Å². The Hall–Kier alpha value is -0.750. The lowest BCUT2D eigenvalue weighted by molar-refractivity contribution is -0.150. The van der Waals surface area contributed by atoms with E-state index in [0.29, 0.717) is 5.92 Å². The third-order valence-corrected chi connectivity index (χ3v) is 4.32. The monoisotopic (exact) mass is 276 g/mol. The second-order valence-electron chi connectivity index (χ2n) is 4.68. The summed E-state index contributed by atoms with van der Waals surface area (Å²) in [6.07, 6.45) is 7.98. The van der Waals surface area contributed by atoms with Gasteiger partial charge in [-0.1, -0.05) is 32.1 Å². The van der Waals surface area contributed by atoms with E-state index in [2.05, 4.69) is 0 Å². The molecule has 1 rings (SSSR count). The molecular formula is C12H20O5S. The Morgan fingerprint density at radius 1 is 1.39 bits per heavy atom. The summed E-state index contributed by atoms with van der Waals surface area (Å²) in [6.45, 7) is 0.227. The van der Waals surface area contributed by atoms with Gasteiger partial charge >= 0.3 is 17.2 Å². The molecule has 104 valence electrons. The van der Waals surface area contributed by atoms with Crippen LogP contribution in [0.5, 0.6) is 0 Å². The fourth-order valence-electron chi connectivity index (χ4n) is 2.26. The summed E-state index contributed by atoms with van der Waals surface area (Å²) in [6, 6.07) is 0. The Morgan fingerprint density at radius 2 is 2.00 bits per heavy atom. The van der Waals surface area contributed by atoms with E-state index in [1.807, 2.05) is 0 Å². The van der Waals surface area contributed by atoms with Crippen LogP contribution < -0.4 is 0 Å². The van der Waals surface area contributed by atoms with E-state index in [1.54, 1.807) is 0 Å². The molecule has 2 atom stereocenters. The van der Waals surface area contributed by atoms with Gasteiger partial charge in [-0.25, -0.2) is 9.59 Å². The van der Waals surface area contributed by atoms with Gasteiger partial charge in [0.15, 0.2) is 0 Å². The number of ether oxygens (including phenoxy) is 1. The molecule has 0 heterocycles. The minimum Gasteiger partial charge on any atom is -0.615 e. The first-order chi connectivity index (χ1) is 8.52. The molecule has 0 aromatic heterocycles. The molecule has 1 fully saturated rings. The molecule has 5 nitrogen and oxygen atoms in total. The first-order valence-electron chi connectivity index (χ1n) is 6.24. The van der Waals surface area contributed by atoms with Gasteiger partial charge in [-0.2, -0.15) is 0 Å². The van der Waals surface area contributed by atoms with E-state index in [-0.39, 0.29) is 6.61 Å². The Bertz CT molecular complexity index is 286. The van der Waals surface area contributed by atoms with Crippen molar-refractivity contribution >= 4 is 23.1 Å². The quantitative estimate of drug-likeness (QED) is 0.449. The second kappa shape index (κ2) is 7.63. The Balaban J connectivity index is 2.28. The van der Waals surface area contributed by atoms with Crippen LogP contribution in [0.3, 0.4) is 0 Å². The van der Waals surface area contributed by atoms with Crippen molar-refractivity contribution in [3.8, 4) is 0 Å². The van der Waals surface area contributed by atoms with E-state index in [9.17, 15) is 14.1 Å². The smallest absolute Gasteiger partial charge is 0.371 e. The predicted octanol–water partition coefficient (Wildman–Crippen LogP) is 1.33. The van der Waals surface area contributed by atoms with Crippen LogP contribution in [0.1, 0.15) is 38.5 Å². The zero-order chi connectivity index (χ0) is 13.5. The van der Waals surface area contributed by atoms with E-state index >= 15 is 0 Å². The maximum absolute atomic E-state index is 11.5. The standard InChI is InChI=1S/C12H20O5S/c1-18(16)10(11(13)14)12(15)17-8-7-9-5-3-2-4-6-9/h9-10H,2-8H2,1H3,(H,13,14). The summed E-state index contributed by atoms with van der Waals surface area (Å²) in [5, 5.41) is 7.21. The summed E-state index contributed by atoms with van der Waals surface area (Å²) in [7, 11) is 0. The predicted molar refractivity (Wildman–Crippen MR) is 67.6 cm³/mol. The van der Waals surface area contributed by atoms with E-state index in [1.165, 1.54) is 25.5 Å². The number of hydrogen-bond acceptors (Lipinski definition) is 4. The normalized spacial score (nSPS) is 20.1. The number of esters is 1. The van der Waals surface area contributed by atoms with E-state index < -0.39 is 28.4 Å². The van der Waals surface area contributed by atoms with Gasteiger partial charge in [0.2, 0.25) is 0 Å². The minimum absolute atomic E-state index is 0.227. The fraction of sp³-hybridized carbons (Fsp3) is 0.833. The molecule has 6 heteroatoms. The van der Waals surface area contributed by atoms with Crippen LogP contribution in [0, 0.1) is 5.92 Å². The van der Waals surface area contributed by atoms with Crippen molar-refractivity contribution in [1.29, 1.82) is 0 Å². The average Bonchev–Trinajstić information content (AvgIpc) is 2.29. The van der Waals surface area contributed by atoms with Crippen LogP contribution in [0.15, 0.2) is 0 Å². The first kappa shape index (κ1) is 15.3. The highest BCUT2D eigenvalue weighted by Gasteiger charge is 2.37. The summed E-state index contributed by atoms with van der Waals surface area (Å²) < 4.78 is 16.0. The average molecular weight is 276 g/mol. The van der Waals surface area contributed by atoms with Crippen LogP contribution in [0.25, 0.3) is 0 Å². The molecule has 0 saturated heterocycles. The summed E-state index contributed by atoms with van der Waals surface area (Å²) in [5.41, 5.74) is 0. The van der Waals surface area contributed by atoms with Crippen LogP contribution in [0.2, 0.25) is 0 Å². The molecule has 0 radical (unpaired) electrons. The molecule has 2 unspecified atom stereocenters. The number of rotatable bonds is 6. The molecular weight excluding hydrogens is 256 g/mol. The lowest BCUT2D eigenvalue weighted by Gasteiger charge is -2.21. The number of carbonyl (C=O) groups excluding carboxylic acids is 1. The van der Waals surface area contributed by atoms with Crippen LogP contribution >= 0.6 is 0 Å². The first-order valence-corrected chi connectivity index (χ1v) is 7.86. The largest absolute Gasteiger partial charge is 0.615 e. The fourth-order valence-corrected chi connectivity index (χ4v) is 2.88. The van der Waals surface area contributed by atoms with Crippen molar-refractivity contribution in [2.75, 3.05) is 12.9 Å². The van der Waals surface area contributed by atoms with Gasteiger partial charge in [0.05, 0.1) is 12.9 Å². The van der Waals surface area contributed by atoms with Gasteiger partial charge in [-0.15, -0.1) is 0 Å². The summed E-state index contributed by atoms with van der Waals surface area (Å²) in [4.78, 5) is 22.2. The third kappa shape index (κ3) is 4.86. The lowest BCUT2D eigenvalue weighted by atomic mass is 9.87. The Morgan fingerprint density at radius 3 is 2.50 bits per heavy atom. The van der Waals surface area contributed by atoms with Gasteiger partial charge < -0.3 is 14.4 Å². The molecule has 0 amide bonds. The summed E-state index contributed by atoms with van der Waals surface area (Å²) in [5.74, 6) is -1.71. The van der Waals surface area contributed by atoms with Crippen molar-refractivity contribution in [2.45, 2.75) is 43.8 Å². The Labute approximate surface area is 110 Å². The Kier molecular flexibility index (Phi) is 6.49. The van der Waals surface area contributed by atoms with Crippen molar-refractivity contribution in [3.63, 3.8) is 0 Å². The minimum atomic E-state index is -1.75. The van der Waals surface area contributed by atoms with Crippen LogP contribution in [-0.4, -0.2) is 39.7 Å². The van der Waals surface area contributed by atoms with E-state index in [4.69, 9.17) is 9.84 Å². The molecule has 0 spiro atoms. The van der Waals surface area contributed by atoms with Gasteiger partial charge in [-0.3, -0.25) is 0 Å². The zero-order valence-electron chi connectivity index (χ0n) is 10.6. The molecule has 1 aliphatic carbocycles. The summed E-state index contributed by atoms with van der Waals surface area (Å²) >= 11 is -1.75. The second-order valence-corrected chi connectivity index (χ2v) is 6.15. The number of carboxylic acid groups (broad SMARTS) is 1. The van der Waals surface area contributed by atoms with Crippen molar-refractivity contribution in [2.24, 2.45) is 5.92 Å². The topological polar surface area (TPSA) is 86.7 Å². The third-order valence-electron chi connectivity index (χ3n) is 3.27. The SMILES string of the molecule is C[S+]([O-])C(C(=O)O)C(=O)OCCC1CCCCC1. The molecule has 0 aromatic rings. The van der Waals surface area contributed by atoms with Crippen LogP contribution in [-0.2, 0) is 25.5 Å². The molecule has 18 heavy (non-hydrogen) atoms. The maximum Gasteiger partial charge on any atom is 0.371 e. The highest BCUT2D eigenvalue weighted by Crippen LogP contribution is 2.26. The van der Waals surface area contributed by atoms with Crippen LogP contribution in [0.4, 0.5) is 0 Å². The van der Waals surface area contributed by atoms with E-state index in [0.717, 1.165) is 19.3 Å². The van der Waals surface area contributed by atoms with Gasteiger partial charge in [0.25, 0.3) is 0 Å². The molecule has 0 aliphatic heterocycles. The number of aliphatic carboxylic acids is 1. The number of carbonyl (C=O) groups is 2. The number of hydrogen-bond donors (Lipinski definition) is 1. The van der Waals surface area contributed by atoms with Gasteiger partial charge in [-0.05, 0) is 23.5 Å². The maximum atomic E-state index is 11.5. The molecule has 0 aromatic carbocycles. The van der Waals surface area contributed by atoms with Gasteiger partial charge in [0, 0.05) is 0 Å². The molecule has 1 N–H and O–H groups in total. The molecule has 1 saturated carbocycles.